The maximum atomic E-state index is 9.07. The Balaban J connectivity index is 0.00000180. The van der Waals surface area contributed by atoms with Gasteiger partial charge in [0, 0.05) is 11.8 Å². The molecule has 0 aliphatic rings. The van der Waals surface area contributed by atoms with Gasteiger partial charge in [-0.25, -0.2) is 0 Å². The molecular formula is C13H13Cl3N2O. The molecule has 19 heavy (non-hydrogen) atoms. The molecule has 0 aliphatic heterocycles. The first-order chi connectivity index (χ1) is 8.63. The highest BCUT2D eigenvalue weighted by molar-refractivity contribution is 6.36. The second-order valence-electron chi connectivity index (χ2n) is 3.86. The van der Waals surface area contributed by atoms with Gasteiger partial charge in [0.15, 0.2) is 0 Å². The third-order valence-corrected chi connectivity index (χ3v) is 3.26. The SMILES string of the molecule is Cl.NC(CO)c1ccc(Cl)c(-c2ncccc2Cl)c1. The maximum absolute atomic E-state index is 9.07. The quantitative estimate of drug-likeness (QED) is 0.910. The minimum Gasteiger partial charge on any atom is -0.394 e. The summed E-state index contributed by atoms with van der Waals surface area (Å²) in [7, 11) is 0. The third-order valence-electron chi connectivity index (χ3n) is 2.63. The fourth-order valence-electron chi connectivity index (χ4n) is 1.64. The topological polar surface area (TPSA) is 59.1 Å². The van der Waals surface area contributed by atoms with Crippen molar-refractivity contribution in [1.29, 1.82) is 0 Å². The Hall–Kier alpha value is -0.840. The summed E-state index contributed by atoms with van der Waals surface area (Å²) < 4.78 is 0. The Labute approximate surface area is 127 Å². The molecule has 1 aromatic heterocycles. The number of halogens is 3. The van der Waals surface area contributed by atoms with Crippen LogP contribution in [-0.4, -0.2) is 16.7 Å². The van der Waals surface area contributed by atoms with E-state index < -0.39 is 6.04 Å². The molecule has 0 bridgehead atoms. The van der Waals surface area contributed by atoms with Crippen LogP contribution in [0.15, 0.2) is 36.5 Å². The molecule has 2 aromatic rings. The Kier molecular flexibility index (Phi) is 6.04. The molecule has 2 rings (SSSR count). The molecule has 1 atom stereocenters. The second kappa shape index (κ2) is 7.08. The molecule has 1 aromatic carbocycles. The van der Waals surface area contributed by atoms with Crippen LogP contribution in [0.5, 0.6) is 0 Å². The molecule has 0 spiro atoms. The number of pyridine rings is 1. The minimum atomic E-state index is -0.441. The molecule has 6 heteroatoms. The average molecular weight is 320 g/mol. The summed E-state index contributed by atoms with van der Waals surface area (Å²) in [4.78, 5) is 4.22. The summed E-state index contributed by atoms with van der Waals surface area (Å²) in [5, 5.41) is 10.1. The van der Waals surface area contributed by atoms with E-state index >= 15 is 0 Å². The number of aliphatic hydroxyl groups excluding tert-OH is 1. The van der Waals surface area contributed by atoms with E-state index in [0.717, 1.165) is 5.56 Å². The number of rotatable bonds is 3. The van der Waals surface area contributed by atoms with Crippen LogP contribution in [0.4, 0.5) is 0 Å². The zero-order valence-corrected chi connectivity index (χ0v) is 12.2. The Morgan fingerprint density at radius 3 is 2.58 bits per heavy atom. The fourth-order valence-corrected chi connectivity index (χ4v) is 2.07. The molecule has 3 N–H and O–H groups in total. The summed E-state index contributed by atoms with van der Waals surface area (Å²) >= 11 is 12.2. The molecule has 0 radical (unpaired) electrons. The number of nitrogens with zero attached hydrogens (tertiary/aromatic N) is 1. The van der Waals surface area contributed by atoms with Crippen molar-refractivity contribution in [3.05, 3.63) is 52.1 Å². The summed E-state index contributed by atoms with van der Waals surface area (Å²) in [5.74, 6) is 0. The van der Waals surface area contributed by atoms with Crippen LogP contribution >= 0.6 is 35.6 Å². The van der Waals surface area contributed by atoms with E-state index in [-0.39, 0.29) is 19.0 Å². The molecular weight excluding hydrogens is 307 g/mol. The highest BCUT2D eigenvalue weighted by atomic mass is 35.5. The van der Waals surface area contributed by atoms with Gasteiger partial charge in [0.2, 0.25) is 0 Å². The van der Waals surface area contributed by atoms with Gasteiger partial charge in [-0.15, -0.1) is 12.4 Å². The van der Waals surface area contributed by atoms with Gasteiger partial charge in [-0.1, -0.05) is 29.3 Å². The minimum absolute atomic E-state index is 0. The van der Waals surface area contributed by atoms with Crippen LogP contribution in [-0.2, 0) is 0 Å². The lowest BCUT2D eigenvalue weighted by Crippen LogP contribution is -2.14. The number of hydrogen-bond acceptors (Lipinski definition) is 3. The van der Waals surface area contributed by atoms with Crippen molar-refractivity contribution in [1.82, 2.24) is 4.98 Å². The van der Waals surface area contributed by atoms with Gasteiger partial charge in [-0.2, -0.15) is 0 Å². The summed E-state index contributed by atoms with van der Waals surface area (Å²) in [6.45, 7) is -0.128. The van der Waals surface area contributed by atoms with Crippen molar-refractivity contribution in [2.45, 2.75) is 6.04 Å². The van der Waals surface area contributed by atoms with E-state index in [2.05, 4.69) is 4.98 Å². The second-order valence-corrected chi connectivity index (χ2v) is 4.68. The Bertz CT molecular complexity index is 563. The lowest BCUT2D eigenvalue weighted by Gasteiger charge is -2.12. The van der Waals surface area contributed by atoms with Gasteiger partial charge in [-0.3, -0.25) is 4.98 Å². The molecule has 1 unspecified atom stereocenters. The molecule has 0 saturated carbocycles. The van der Waals surface area contributed by atoms with E-state index in [1.807, 2.05) is 0 Å². The molecule has 0 saturated heterocycles. The molecule has 0 aliphatic carbocycles. The number of aliphatic hydroxyl groups is 1. The lowest BCUT2D eigenvalue weighted by molar-refractivity contribution is 0.268. The van der Waals surface area contributed by atoms with Crippen LogP contribution in [0.25, 0.3) is 11.3 Å². The van der Waals surface area contributed by atoms with Gasteiger partial charge >= 0.3 is 0 Å². The van der Waals surface area contributed by atoms with E-state index in [1.165, 1.54) is 0 Å². The van der Waals surface area contributed by atoms with Crippen molar-refractivity contribution >= 4 is 35.6 Å². The van der Waals surface area contributed by atoms with Gasteiger partial charge in [0.1, 0.15) is 0 Å². The first-order valence-corrected chi connectivity index (χ1v) is 6.16. The van der Waals surface area contributed by atoms with Crippen molar-refractivity contribution in [2.24, 2.45) is 5.73 Å². The van der Waals surface area contributed by atoms with Gasteiger partial charge in [-0.05, 0) is 29.8 Å². The van der Waals surface area contributed by atoms with Crippen LogP contribution in [0.1, 0.15) is 11.6 Å². The van der Waals surface area contributed by atoms with Gasteiger partial charge in [0.05, 0.1) is 28.4 Å². The predicted octanol–water partition coefficient (Wildman–Crippen LogP) is 3.47. The average Bonchev–Trinajstić information content (AvgIpc) is 2.39. The van der Waals surface area contributed by atoms with E-state index in [4.69, 9.17) is 34.0 Å². The fraction of sp³-hybridized carbons (Fsp3) is 0.154. The number of nitrogens with two attached hydrogens (primary N) is 1. The molecule has 0 amide bonds. The van der Waals surface area contributed by atoms with Crippen molar-refractivity contribution < 1.29 is 5.11 Å². The maximum Gasteiger partial charge on any atom is 0.0903 e. The highest BCUT2D eigenvalue weighted by Crippen LogP contribution is 2.32. The van der Waals surface area contributed by atoms with Crippen LogP contribution in [0.3, 0.4) is 0 Å². The van der Waals surface area contributed by atoms with Crippen LogP contribution in [0, 0.1) is 0 Å². The lowest BCUT2D eigenvalue weighted by atomic mass is 10.0. The van der Waals surface area contributed by atoms with Gasteiger partial charge in [0.25, 0.3) is 0 Å². The number of hydrogen-bond donors (Lipinski definition) is 2. The van der Waals surface area contributed by atoms with Crippen molar-refractivity contribution in [3.63, 3.8) is 0 Å². The summed E-state index contributed by atoms with van der Waals surface area (Å²) in [6.07, 6.45) is 1.65. The number of aromatic nitrogens is 1. The summed E-state index contributed by atoms with van der Waals surface area (Å²) in [5.41, 5.74) is 7.89. The Morgan fingerprint density at radius 1 is 1.21 bits per heavy atom. The van der Waals surface area contributed by atoms with E-state index in [9.17, 15) is 0 Å². The molecule has 1 heterocycles. The first kappa shape index (κ1) is 16.2. The normalized spacial score (nSPS) is 11.8. The molecule has 0 fully saturated rings. The van der Waals surface area contributed by atoms with E-state index in [0.29, 0.717) is 21.3 Å². The van der Waals surface area contributed by atoms with E-state index in [1.54, 1.807) is 36.5 Å². The van der Waals surface area contributed by atoms with Gasteiger partial charge < -0.3 is 10.8 Å². The van der Waals surface area contributed by atoms with Crippen LogP contribution < -0.4 is 5.73 Å². The van der Waals surface area contributed by atoms with Crippen molar-refractivity contribution in [3.8, 4) is 11.3 Å². The predicted molar refractivity (Wildman–Crippen MR) is 81.0 cm³/mol. The Morgan fingerprint density at radius 2 is 1.95 bits per heavy atom. The standard InChI is InChI=1S/C13H12Cl2N2O.ClH/c14-10-4-3-8(12(16)7-18)6-9(10)13-11(15)2-1-5-17-13;/h1-6,12,18H,7,16H2;1H. The third kappa shape index (κ3) is 3.59. The first-order valence-electron chi connectivity index (χ1n) is 5.40. The van der Waals surface area contributed by atoms with Crippen LogP contribution in [0.2, 0.25) is 10.0 Å². The smallest absolute Gasteiger partial charge is 0.0903 e. The van der Waals surface area contributed by atoms with Crippen molar-refractivity contribution in [2.75, 3.05) is 6.61 Å². The zero-order valence-electron chi connectivity index (χ0n) is 9.88. The number of benzene rings is 1. The molecule has 102 valence electrons. The zero-order chi connectivity index (χ0) is 13.1. The monoisotopic (exact) mass is 318 g/mol. The highest BCUT2D eigenvalue weighted by Gasteiger charge is 2.12. The largest absolute Gasteiger partial charge is 0.394 e. The molecule has 3 nitrogen and oxygen atoms in total. The summed E-state index contributed by atoms with van der Waals surface area (Å²) in [6, 6.07) is 8.37.